The van der Waals surface area contributed by atoms with E-state index in [4.69, 9.17) is 11.6 Å². The molecule has 2 atom stereocenters. The van der Waals surface area contributed by atoms with E-state index < -0.39 is 0 Å². The van der Waals surface area contributed by atoms with Crippen molar-refractivity contribution in [2.45, 2.75) is 26.2 Å². The number of amides is 1. The zero-order valence-corrected chi connectivity index (χ0v) is 14.6. The quantitative estimate of drug-likeness (QED) is 0.871. The number of rotatable bonds is 5. The SMILES string of the molecule is CC(CC(=O)Nc1ccc(-n2cccn2)c(Cl)c1)C1CCCNC1. The molecule has 1 fully saturated rings. The zero-order valence-electron chi connectivity index (χ0n) is 13.8. The third kappa shape index (κ3) is 4.16. The van der Waals surface area contributed by atoms with E-state index in [1.54, 1.807) is 16.9 Å². The first-order chi connectivity index (χ1) is 11.6. The summed E-state index contributed by atoms with van der Waals surface area (Å²) in [4.78, 5) is 12.3. The predicted octanol–water partition coefficient (Wildman–Crippen LogP) is 3.49. The first kappa shape index (κ1) is 17.0. The first-order valence-corrected chi connectivity index (χ1v) is 8.81. The van der Waals surface area contributed by atoms with Crippen molar-refractivity contribution in [2.75, 3.05) is 18.4 Å². The predicted molar refractivity (Wildman–Crippen MR) is 96.6 cm³/mol. The van der Waals surface area contributed by atoms with Crippen molar-refractivity contribution >= 4 is 23.2 Å². The van der Waals surface area contributed by atoms with E-state index in [2.05, 4.69) is 22.7 Å². The molecular formula is C18H23ClN4O. The van der Waals surface area contributed by atoms with Crippen molar-refractivity contribution in [2.24, 2.45) is 11.8 Å². The molecule has 3 rings (SSSR count). The van der Waals surface area contributed by atoms with Crippen LogP contribution < -0.4 is 10.6 Å². The van der Waals surface area contributed by atoms with Crippen molar-refractivity contribution in [3.63, 3.8) is 0 Å². The van der Waals surface area contributed by atoms with E-state index in [0.717, 1.165) is 24.5 Å². The number of hydrogen-bond donors (Lipinski definition) is 2. The number of carbonyl (C=O) groups is 1. The lowest BCUT2D eigenvalue weighted by molar-refractivity contribution is -0.117. The Morgan fingerprint density at radius 2 is 2.42 bits per heavy atom. The molecule has 1 aliphatic heterocycles. The van der Waals surface area contributed by atoms with Gasteiger partial charge in [-0.2, -0.15) is 5.10 Å². The molecule has 2 heterocycles. The average molecular weight is 347 g/mol. The summed E-state index contributed by atoms with van der Waals surface area (Å²) >= 11 is 6.31. The van der Waals surface area contributed by atoms with Gasteiger partial charge < -0.3 is 10.6 Å². The Morgan fingerprint density at radius 1 is 1.54 bits per heavy atom. The highest BCUT2D eigenvalue weighted by Crippen LogP contribution is 2.26. The van der Waals surface area contributed by atoms with Gasteiger partial charge in [0, 0.05) is 24.5 Å². The molecule has 2 N–H and O–H groups in total. The summed E-state index contributed by atoms with van der Waals surface area (Å²) in [6, 6.07) is 7.32. The van der Waals surface area contributed by atoms with Crippen LogP contribution >= 0.6 is 11.6 Å². The molecule has 0 spiro atoms. The standard InChI is InChI=1S/C18H23ClN4O/c1-13(14-4-2-7-20-12-14)10-18(24)22-15-5-6-17(16(19)11-15)23-9-3-8-21-23/h3,5-6,8-9,11,13-14,20H,2,4,7,10,12H2,1H3,(H,22,24). The number of halogens is 1. The molecule has 2 aromatic rings. The van der Waals surface area contributed by atoms with Gasteiger partial charge in [0.2, 0.25) is 5.91 Å². The van der Waals surface area contributed by atoms with Crippen LogP contribution in [0.4, 0.5) is 5.69 Å². The fraction of sp³-hybridized carbons (Fsp3) is 0.444. The number of carbonyl (C=O) groups excluding carboxylic acids is 1. The maximum absolute atomic E-state index is 12.3. The van der Waals surface area contributed by atoms with Crippen molar-refractivity contribution in [3.8, 4) is 5.69 Å². The molecule has 24 heavy (non-hydrogen) atoms. The third-order valence-electron chi connectivity index (χ3n) is 4.63. The molecule has 1 aliphatic rings. The summed E-state index contributed by atoms with van der Waals surface area (Å²) in [6.07, 6.45) is 6.46. The molecule has 5 nitrogen and oxygen atoms in total. The van der Waals surface area contributed by atoms with Gasteiger partial charge in [0.25, 0.3) is 0 Å². The number of piperidine rings is 1. The molecule has 128 valence electrons. The molecule has 1 saturated heterocycles. The highest BCUT2D eigenvalue weighted by Gasteiger charge is 2.22. The number of hydrogen-bond acceptors (Lipinski definition) is 3. The maximum Gasteiger partial charge on any atom is 0.224 e. The van der Waals surface area contributed by atoms with Crippen LogP contribution in [0.2, 0.25) is 5.02 Å². The Labute approximate surface area is 147 Å². The molecule has 0 bridgehead atoms. The molecule has 0 aliphatic carbocycles. The lowest BCUT2D eigenvalue weighted by atomic mass is 9.85. The van der Waals surface area contributed by atoms with Crippen LogP contribution in [0.25, 0.3) is 5.69 Å². The average Bonchev–Trinajstić information content (AvgIpc) is 3.10. The topological polar surface area (TPSA) is 59.0 Å². The summed E-state index contributed by atoms with van der Waals surface area (Å²) in [5.74, 6) is 0.989. The highest BCUT2D eigenvalue weighted by atomic mass is 35.5. The smallest absolute Gasteiger partial charge is 0.224 e. The Balaban J connectivity index is 1.59. The van der Waals surface area contributed by atoms with E-state index in [1.165, 1.54) is 12.8 Å². The summed E-state index contributed by atoms with van der Waals surface area (Å²) in [5, 5.41) is 11.1. The molecule has 1 amide bonds. The Morgan fingerprint density at radius 3 is 3.08 bits per heavy atom. The minimum atomic E-state index is 0.0379. The van der Waals surface area contributed by atoms with Crippen molar-refractivity contribution in [1.82, 2.24) is 15.1 Å². The molecule has 6 heteroatoms. The minimum Gasteiger partial charge on any atom is -0.326 e. The van der Waals surface area contributed by atoms with Gasteiger partial charge in [0.05, 0.1) is 10.7 Å². The van der Waals surface area contributed by atoms with Gasteiger partial charge in [0.15, 0.2) is 0 Å². The number of aromatic nitrogens is 2. The Bertz CT molecular complexity index is 680. The normalized spacial score (nSPS) is 19.0. The van der Waals surface area contributed by atoms with Gasteiger partial charge in [-0.25, -0.2) is 4.68 Å². The largest absolute Gasteiger partial charge is 0.326 e. The molecule has 2 unspecified atom stereocenters. The van der Waals surface area contributed by atoms with E-state index in [1.807, 2.05) is 24.4 Å². The summed E-state index contributed by atoms with van der Waals surface area (Å²) in [5.41, 5.74) is 1.51. The van der Waals surface area contributed by atoms with Gasteiger partial charge in [-0.1, -0.05) is 18.5 Å². The van der Waals surface area contributed by atoms with Crippen LogP contribution in [0.5, 0.6) is 0 Å². The molecule has 1 aromatic carbocycles. The Kier molecular flexibility index (Phi) is 5.53. The number of anilines is 1. The highest BCUT2D eigenvalue weighted by molar-refractivity contribution is 6.32. The van der Waals surface area contributed by atoms with Crippen molar-refractivity contribution < 1.29 is 4.79 Å². The van der Waals surface area contributed by atoms with Gasteiger partial charge >= 0.3 is 0 Å². The van der Waals surface area contributed by atoms with E-state index in [9.17, 15) is 4.79 Å². The van der Waals surface area contributed by atoms with Crippen LogP contribution in [0.1, 0.15) is 26.2 Å². The molecular weight excluding hydrogens is 324 g/mol. The van der Waals surface area contributed by atoms with Gasteiger partial charge in [-0.15, -0.1) is 0 Å². The summed E-state index contributed by atoms with van der Waals surface area (Å²) in [7, 11) is 0. The lowest BCUT2D eigenvalue weighted by Gasteiger charge is -2.28. The van der Waals surface area contributed by atoms with E-state index >= 15 is 0 Å². The third-order valence-corrected chi connectivity index (χ3v) is 4.93. The summed E-state index contributed by atoms with van der Waals surface area (Å²) in [6.45, 7) is 4.26. The van der Waals surface area contributed by atoms with E-state index in [0.29, 0.717) is 23.3 Å². The number of benzene rings is 1. The second-order valence-corrected chi connectivity index (χ2v) is 6.86. The first-order valence-electron chi connectivity index (χ1n) is 8.43. The molecule has 0 saturated carbocycles. The minimum absolute atomic E-state index is 0.0379. The van der Waals surface area contributed by atoms with Crippen LogP contribution in [0.3, 0.4) is 0 Å². The Hall–Kier alpha value is -1.85. The number of nitrogens with zero attached hydrogens (tertiary/aromatic N) is 2. The van der Waals surface area contributed by atoms with E-state index in [-0.39, 0.29) is 5.91 Å². The van der Waals surface area contributed by atoms with Crippen molar-refractivity contribution in [1.29, 1.82) is 0 Å². The van der Waals surface area contributed by atoms with Crippen LogP contribution in [0.15, 0.2) is 36.7 Å². The lowest BCUT2D eigenvalue weighted by Crippen LogP contribution is -2.34. The van der Waals surface area contributed by atoms with Gasteiger partial charge in [-0.3, -0.25) is 4.79 Å². The monoisotopic (exact) mass is 346 g/mol. The second kappa shape index (κ2) is 7.81. The summed E-state index contributed by atoms with van der Waals surface area (Å²) < 4.78 is 1.70. The second-order valence-electron chi connectivity index (χ2n) is 6.45. The van der Waals surface area contributed by atoms with Crippen LogP contribution in [-0.2, 0) is 4.79 Å². The maximum atomic E-state index is 12.3. The number of nitrogens with one attached hydrogen (secondary N) is 2. The fourth-order valence-electron chi connectivity index (χ4n) is 3.22. The van der Waals surface area contributed by atoms with Gasteiger partial charge in [0.1, 0.15) is 0 Å². The van der Waals surface area contributed by atoms with Crippen molar-refractivity contribution in [3.05, 3.63) is 41.7 Å². The van der Waals surface area contributed by atoms with Crippen LogP contribution in [-0.4, -0.2) is 28.8 Å². The molecule has 1 aromatic heterocycles. The van der Waals surface area contributed by atoms with Gasteiger partial charge in [-0.05, 0) is 62.0 Å². The zero-order chi connectivity index (χ0) is 16.9. The molecule has 0 radical (unpaired) electrons. The fourth-order valence-corrected chi connectivity index (χ4v) is 3.48. The van der Waals surface area contributed by atoms with Crippen LogP contribution in [0, 0.1) is 11.8 Å².